The first kappa shape index (κ1) is 18.1. The Morgan fingerprint density at radius 3 is 2.93 bits per heavy atom. The molecule has 2 heterocycles. The minimum Gasteiger partial charge on any atom is -0.491 e. The van der Waals surface area contributed by atoms with Gasteiger partial charge in [-0.15, -0.1) is 6.42 Å². The standard InChI is InChI=1S/C23H22N2O3/c1-3-17-7-6-9-19(13-17)28-16-20-15-25(11-12-27-20)23(26)22-14-18-8-4-5-10-21(18)24(22)2/h1,4-10,13-14,20H,11-12,15-16H2,2H3. The first-order valence-electron chi connectivity index (χ1n) is 9.30. The predicted molar refractivity (Wildman–Crippen MR) is 108 cm³/mol. The number of aryl methyl sites for hydroxylation is 1. The molecule has 2 aromatic carbocycles. The fourth-order valence-electron chi connectivity index (χ4n) is 3.53. The fraction of sp³-hybridized carbons (Fsp3) is 0.261. The molecule has 1 unspecified atom stereocenters. The summed E-state index contributed by atoms with van der Waals surface area (Å²) in [6, 6.07) is 17.4. The number of fused-ring (bicyclic) bond motifs is 1. The Hall–Kier alpha value is -3.23. The lowest BCUT2D eigenvalue weighted by molar-refractivity contribution is -0.0403. The third-order valence-corrected chi connectivity index (χ3v) is 5.03. The van der Waals surface area contributed by atoms with Crippen molar-refractivity contribution < 1.29 is 14.3 Å². The minimum absolute atomic E-state index is 0.0151. The Morgan fingerprint density at radius 1 is 1.25 bits per heavy atom. The second kappa shape index (κ2) is 7.79. The van der Waals surface area contributed by atoms with Gasteiger partial charge in [0.25, 0.3) is 5.91 Å². The zero-order valence-corrected chi connectivity index (χ0v) is 15.8. The van der Waals surface area contributed by atoms with Gasteiger partial charge in [-0.3, -0.25) is 4.79 Å². The highest BCUT2D eigenvalue weighted by molar-refractivity contribution is 5.98. The molecule has 1 aliphatic rings. The number of aromatic nitrogens is 1. The van der Waals surface area contributed by atoms with E-state index in [0.717, 1.165) is 16.5 Å². The SMILES string of the molecule is C#Cc1cccc(OCC2CN(C(=O)c3cc4ccccc4n3C)CCO2)c1. The minimum atomic E-state index is -0.179. The summed E-state index contributed by atoms with van der Waals surface area (Å²) < 4.78 is 13.6. The topological polar surface area (TPSA) is 43.7 Å². The number of morpholine rings is 1. The van der Waals surface area contributed by atoms with Crippen LogP contribution < -0.4 is 4.74 Å². The molecule has 0 aliphatic carbocycles. The van der Waals surface area contributed by atoms with Crippen LogP contribution in [0.15, 0.2) is 54.6 Å². The third-order valence-electron chi connectivity index (χ3n) is 5.03. The van der Waals surface area contributed by atoms with Crippen LogP contribution in [0.1, 0.15) is 16.1 Å². The summed E-state index contributed by atoms with van der Waals surface area (Å²) in [5.74, 6) is 3.32. The summed E-state index contributed by atoms with van der Waals surface area (Å²) in [7, 11) is 1.93. The number of hydrogen-bond acceptors (Lipinski definition) is 3. The van der Waals surface area contributed by atoms with Crippen LogP contribution in [0, 0.1) is 12.3 Å². The van der Waals surface area contributed by atoms with Crippen molar-refractivity contribution in [2.75, 3.05) is 26.3 Å². The van der Waals surface area contributed by atoms with Gasteiger partial charge in [-0.05, 0) is 30.3 Å². The number of nitrogens with zero attached hydrogens (tertiary/aromatic N) is 2. The molecule has 0 N–H and O–H groups in total. The molecule has 1 amide bonds. The maximum absolute atomic E-state index is 13.1. The molecule has 3 aromatic rings. The molecule has 1 saturated heterocycles. The predicted octanol–water partition coefficient (Wildman–Crippen LogP) is 3.08. The fourth-order valence-corrected chi connectivity index (χ4v) is 3.53. The first-order chi connectivity index (χ1) is 13.7. The van der Waals surface area contributed by atoms with Gasteiger partial charge in [0, 0.05) is 30.1 Å². The van der Waals surface area contributed by atoms with Crippen LogP contribution in [0.2, 0.25) is 0 Å². The van der Waals surface area contributed by atoms with Crippen molar-refractivity contribution in [1.29, 1.82) is 0 Å². The zero-order valence-electron chi connectivity index (χ0n) is 15.8. The maximum atomic E-state index is 13.1. The molecule has 28 heavy (non-hydrogen) atoms. The van der Waals surface area contributed by atoms with Gasteiger partial charge in [-0.1, -0.05) is 30.2 Å². The van der Waals surface area contributed by atoms with E-state index in [1.165, 1.54) is 0 Å². The molecule has 5 heteroatoms. The maximum Gasteiger partial charge on any atom is 0.270 e. The van der Waals surface area contributed by atoms with E-state index in [9.17, 15) is 4.79 Å². The molecule has 4 rings (SSSR count). The summed E-state index contributed by atoms with van der Waals surface area (Å²) >= 11 is 0. The van der Waals surface area contributed by atoms with Crippen molar-refractivity contribution in [1.82, 2.24) is 9.47 Å². The van der Waals surface area contributed by atoms with Crippen LogP contribution in [-0.4, -0.2) is 47.8 Å². The third kappa shape index (κ3) is 3.60. The molecule has 5 nitrogen and oxygen atoms in total. The van der Waals surface area contributed by atoms with Gasteiger partial charge in [0.1, 0.15) is 24.2 Å². The molecule has 1 fully saturated rings. The molecule has 1 aliphatic heterocycles. The van der Waals surface area contributed by atoms with Crippen LogP contribution in [0.3, 0.4) is 0 Å². The monoisotopic (exact) mass is 374 g/mol. The average Bonchev–Trinajstić information content (AvgIpc) is 3.09. The Bertz CT molecular complexity index is 1050. The van der Waals surface area contributed by atoms with Crippen molar-refractivity contribution in [3.8, 4) is 18.1 Å². The molecule has 1 atom stereocenters. The van der Waals surface area contributed by atoms with E-state index in [4.69, 9.17) is 15.9 Å². The summed E-state index contributed by atoms with van der Waals surface area (Å²) in [6.07, 6.45) is 5.25. The van der Waals surface area contributed by atoms with Crippen LogP contribution in [0.25, 0.3) is 10.9 Å². The van der Waals surface area contributed by atoms with Crippen molar-refractivity contribution in [2.24, 2.45) is 7.05 Å². The summed E-state index contributed by atoms with van der Waals surface area (Å²) in [5, 5.41) is 1.06. The van der Waals surface area contributed by atoms with Crippen LogP contribution in [0.4, 0.5) is 0 Å². The summed E-state index contributed by atoms with van der Waals surface area (Å²) in [4.78, 5) is 14.9. The number of amides is 1. The van der Waals surface area contributed by atoms with Crippen LogP contribution >= 0.6 is 0 Å². The number of carbonyl (C=O) groups excluding carboxylic acids is 1. The summed E-state index contributed by atoms with van der Waals surface area (Å²) in [5.41, 5.74) is 2.51. The Balaban J connectivity index is 1.43. The molecule has 0 spiro atoms. The van der Waals surface area contributed by atoms with E-state index in [1.807, 2.05) is 71.1 Å². The van der Waals surface area contributed by atoms with Gasteiger partial charge in [-0.2, -0.15) is 0 Å². The van der Waals surface area contributed by atoms with Gasteiger partial charge >= 0.3 is 0 Å². The van der Waals surface area contributed by atoms with E-state index >= 15 is 0 Å². The second-order valence-corrected chi connectivity index (χ2v) is 6.87. The van der Waals surface area contributed by atoms with Gasteiger partial charge in [0.15, 0.2) is 0 Å². The smallest absolute Gasteiger partial charge is 0.270 e. The molecule has 0 radical (unpaired) electrons. The number of terminal acetylenes is 1. The molecule has 1 aromatic heterocycles. The largest absolute Gasteiger partial charge is 0.491 e. The zero-order chi connectivity index (χ0) is 19.5. The number of hydrogen-bond donors (Lipinski definition) is 0. The quantitative estimate of drug-likeness (QED) is 0.659. The number of ether oxygens (including phenoxy) is 2. The average molecular weight is 374 g/mol. The molecular formula is C23H22N2O3. The lowest BCUT2D eigenvalue weighted by atomic mass is 10.2. The molecule has 142 valence electrons. The van der Waals surface area contributed by atoms with Gasteiger partial charge < -0.3 is 18.9 Å². The highest BCUT2D eigenvalue weighted by Gasteiger charge is 2.27. The summed E-state index contributed by atoms with van der Waals surface area (Å²) in [6.45, 7) is 1.93. The van der Waals surface area contributed by atoms with Crippen molar-refractivity contribution in [3.05, 3.63) is 65.9 Å². The van der Waals surface area contributed by atoms with Crippen LogP contribution in [0.5, 0.6) is 5.75 Å². The normalized spacial score (nSPS) is 16.7. The first-order valence-corrected chi connectivity index (χ1v) is 9.30. The lowest BCUT2D eigenvalue weighted by Crippen LogP contribution is -2.48. The van der Waals surface area contributed by atoms with Gasteiger partial charge in [-0.25, -0.2) is 0 Å². The lowest BCUT2D eigenvalue weighted by Gasteiger charge is -2.33. The van der Waals surface area contributed by atoms with E-state index in [0.29, 0.717) is 37.7 Å². The Labute approximate surface area is 164 Å². The second-order valence-electron chi connectivity index (χ2n) is 6.87. The highest BCUT2D eigenvalue weighted by Crippen LogP contribution is 2.21. The van der Waals surface area contributed by atoms with Crippen molar-refractivity contribution >= 4 is 16.8 Å². The highest BCUT2D eigenvalue weighted by atomic mass is 16.5. The van der Waals surface area contributed by atoms with E-state index < -0.39 is 0 Å². The Kier molecular flexibility index (Phi) is 5.05. The van der Waals surface area contributed by atoms with E-state index in [2.05, 4.69) is 5.92 Å². The molecule has 0 saturated carbocycles. The van der Waals surface area contributed by atoms with Gasteiger partial charge in [0.2, 0.25) is 0 Å². The van der Waals surface area contributed by atoms with Gasteiger partial charge in [0.05, 0.1) is 13.2 Å². The van der Waals surface area contributed by atoms with E-state index in [-0.39, 0.29) is 12.0 Å². The Morgan fingerprint density at radius 2 is 2.11 bits per heavy atom. The number of para-hydroxylation sites is 1. The number of benzene rings is 2. The van der Waals surface area contributed by atoms with Crippen molar-refractivity contribution in [3.63, 3.8) is 0 Å². The molecular weight excluding hydrogens is 352 g/mol. The molecule has 0 bridgehead atoms. The number of rotatable bonds is 4. The van der Waals surface area contributed by atoms with E-state index in [1.54, 1.807) is 0 Å². The van der Waals surface area contributed by atoms with Crippen molar-refractivity contribution in [2.45, 2.75) is 6.10 Å². The number of carbonyl (C=O) groups is 1. The van der Waals surface area contributed by atoms with Crippen LogP contribution in [-0.2, 0) is 11.8 Å².